The molecule has 1 heterocycles. The van der Waals surface area contributed by atoms with Crippen LogP contribution < -0.4 is 5.32 Å². The van der Waals surface area contributed by atoms with Crippen LogP contribution in [0, 0.1) is 6.92 Å². The lowest BCUT2D eigenvalue weighted by Crippen LogP contribution is -2.14. The van der Waals surface area contributed by atoms with E-state index in [1.807, 2.05) is 0 Å². The molecule has 1 aromatic heterocycles. The van der Waals surface area contributed by atoms with Gasteiger partial charge in [-0.05, 0) is 13.0 Å². The first-order valence-electron chi connectivity index (χ1n) is 3.19. The highest BCUT2D eigenvalue weighted by atomic mass is 16.4. The summed E-state index contributed by atoms with van der Waals surface area (Å²) in [6.07, 6.45) is 0. The van der Waals surface area contributed by atoms with Gasteiger partial charge in [0.15, 0.2) is 5.88 Å². The molecule has 0 saturated heterocycles. The Morgan fingerprint density at radius 2 is 2.45 bits per heavy atom. The molecule has 1 amide bonds. The van der Waals surface area contributed by atoms with E-state index < -0.39 is 12.5 Å². The zero-order valence-corrected chi connectivity index (χ0v) is 6.13. The first-order chi connectivity index (χ1) is 5.22. The van der Waals surface area contributed by atoms with Crippen molar-refractivity contribution < 1.29 is 14.3 Å². The Balaban J connectivity index is 2.57. The minimum Gasteiger partial charge on any atom is -0.446 e. The highest BCUT2D eigenvalue weighted by Crippen LogP contribution is 2.10. The van der Waals surface area contributed by atoms with Crippen molar-refractivity contribution in [3.8, 4) is 0 Å². The maximum Gasteiger partial charge on any atom is 0.252 e. The Morgan fingerprint density at radius 1 is 1.73 bits per heavy atom. The zero-order chi connectivity index (χ0) is 8.27. The summed E-state index contributed by atoms with van der Waals surface area (Å²) in [6, 6.07) is 3.36. The Labute approximate surface area is 63.8 Å². The van der Waals surface area contributed by atoms with Crippen molar-refractivity contribution in [3.63, 3.8) is 0 Å². The average Bonchev–Trinajstić information content (AvgIpc) is 2.35. The number of hydrogen-bond acceptors (Lipinski definition) is 3. The number of amides is 1. The maximum atomic E-state index is 10.6. The highest BCUT2D eigenvalue weighted by Gasteiger charge is 2.01. The lowest BCUT2D eigenvalue weighted by molar-refractivity contribution is -0.118. The fourth-order valence-corrected chi connectivity index (χ4v) is 0.679. The average molecular weight is 155 g/mol. The molecule has 0 unspecified atom stereocenters. The van der Waals surface area contributed by atoms with E-state index in [-0.39, 0.29) is 0 Å². The van der Waals surface area contributed by atoms with E-state index in [0.717, 1.165) is 5.76 Å². The van der Waals surface area contributed by atoms with Crippen molar-refractivity contribution in [2.24, 2.45) is 0 Å². The van der Waals surface area contributed by atoms with Crippen molar-refractivity contribution >= 4 is 11.8 Å². The van der Waals surface area contributed by atoms with Crippen LogP contribution in [0.4, 0.5) is 5.88 Å². The fourth-order valence-electron chi connectivity index (χ4n) is 0.679. The quantitative estimate of drug-likeness (QED) is 0.654. The largest absolute Gasteiger partial charge is 0.446 e. The smallest absolute Gasteiger partial charge is 0.252 e. The molecule has 0 saturated carbocycles. The van der Waals surface area contributed by atoms with Gasteiger partial charge in [-0.25, -0.2) is 0 Å². The Hall–Kier alpha value is -1.29. The van der Waals surface area contributed by atoms with Gasteiger partial charge in [-0.2, -0.15) is 0 Å². The number of carbonyl (C=O) groups excluding carboxylic acids is 1. The molecule has 0 spiro atoms. The van der Waals surface area contributed by atoms with Crippen LogP contribution in [0.15, 0.2) is 16.5 Å². The normalized spacial score (nSPS) is 9.64. The summed E-state index contributed by atoms with van der Waals surface area (Å²) in [7, 11) is 0. The molecule has 0 fully saturated rings. The van der Waals surface area contributed by atoms with Gasteiger partial charge in [-0.1, -0.05) is 0 Å². The number of aryl methyl sites for hydroxylation is 1. The van der Waals surface area contributed by atoms with Gasteiger partial charge in [0.1, 0.15) is 12.4 Å². The monoisotopic (exact) mass is 155 g/mol. The molecular formula is C7H9NO3. The Kier molecular flexibility index (Phi) is 2.28. The molecule has 0 aliphatic heterocycles. The summed E-state index contributed by atoms with van der Waals surface area (Å²) in [5, 5.41) is 10.7. The second kappa shape index (κ2) is 3.21. The van der Waals surface area contributed by atoms with Crippen LogP contribution in [0.2, 0.25) is 0 Å². The molecule has 2 N–H and O–H groups in total. The minimum absolute atomic E-state index is 0.363. The van der Waals surface area contributed by atoms with Crippen LogP contribution in [0.5, 0.6) is 0 Å². The van der Waals surface area contributed by atoms with Crippen LogP contribution in [-0.2, 0) is 4.79 Å². The van der Waals surface area contributed by atoms with Crippen molar-refractivity contribution in [3.05, 3.63) is 17.9 Å². The maximum absolute atomic E-state index is 10.6. The zero-order valence-electron chi connectivity index (χ0n) is 6.13. The van der Waals surface area contributed by atoms with E-state index in [9.17, 15) is 4.79 Å². The van der Waals surface area contributed by atoms with Crippen LogP contribution in [0.3, 0.4) is 0 Å². The number of nitrogens with one attached hydrogen (secondary N) is 1. The van der Waals surface area contributed by atoms with Crippen LogP contribution in [0.25, 0.3) is 0 Å². The molecule has 60 valence electrons. The minimum atomic E-state index is -0.528. The summed E-state index contributed by atoms with van der Waals surface area (Å²) < 4.78 is 5.01. The number of carbonyl (C=O) groups is 1. The first-order valence-corrected chi connectivity index (χ1v) is 3.19. The van der Waals surface area contributed by atoms with Crippen LogP contribution in [-0.4, -0.2) is 17.6 Å². The second-order valence-electron chi connectivity index (χ2n) is 2.12. The van der Waals surface area contributed by atoms with Crippen molar-refractivity contribution in [1.29, 1.82) is 0 Å². The SMILES string of the molecule is Cc1ccc(NC(=O)CO)o1. The molecule has 4 nitrogen and oxygen atoms in total. The molecule has 4 heteroatoms. The molecule has 0 aliphatic rings. The van der Waals surface area contributed by atoms with E-state index >= 15 is 0 Å². The molecule has 11 heavy (non-hydrogen) atoms. The third-order valence-corrected chi connectivity index (χ3v) is 1.15. The predicted molar refractivity (Wildman–Crippen MR) is 39.2 cm³/mol. The number of anilines is 1. The topological polar surface area (TPSA) is 62.5 Å². The molecule has 0 radical (unpaired) electrons. The summed E-state index contributed by atoms with van der Waals surface area (Å²) >= 11 is 0. The Morgan fingerprint density at radius 3 is 2.91 bits per heavy atom. The van der Waals surface area contributed by atoms with Gasteiger partial charge < -0.3 is 9.52 Å². The van der Waals surface area contributed by atoms with Gasteiger partial charge in [-0.15, -0.1) is 0 Å². The summed E-state index contributed by atoms with van der Waals surface area (Å²) in [4.78, 5) is 10.6. The number of hydrogen-bond donors (Lipinski definition) is 2. The molecule has 1 aromatic rings. The van der Waals surface area contributed by atoms with Gasteiger partial charge in [0.25, 0.3) is 5.91 Å². The van der Waals surface area contributed by atoms with Crippen LogP contribution >= 0.6 is 0 Å². The van der Waals surface area contributed by atoms with Crippen molar-refractivity contribution in [2.45, 2.75) is 6.92 Å². The number of aliphatic hydroxyl groups is 1. The van der Waals surface area contributed by atoms with E-state index in [1.165, 1.54) is 0 Å². The first kappa shape index (κ1) is 7.81. The van der Waals surface area contributed by atoms with Gasteiger partial charge >= 0.3 is 0 Å². The molecule has 0 atom stereocenters. The van der Waals surface area contributed by atoms with E-state index in [0.29, 0.717) is 5.88 Å². The van der Waals surface area contributed by atoms with E-state index in [2.05, 4.69) is 5.32 Å². The number of aliphatic hydroxyl groups excluding tert-OH is 1. The summed E-state index contributed by atoms with van der Waals surface area (Å²) in [5.74, 6) is 0.610. The number of rotatable bonds is 2. The van der Waals surface area contributed by atoms with Gasteiger partial charge in [0, 0.05) is 6.07 Å². The number of furan rings is 1. The molecule has 0 bridgehead atoms. The van der Waals surface area contributed by atoms with Crippen molar-refractivity contribution in [1.82, 2.24) is 0 Å². The summed E-state index contributed by atoms with van der Waals surface area (Å²) in [6.45, 7) is 1.24. The fraction of sp³-hybridized carbons (Fsp3) is 0.286. The second-order valence-corrected chi connectivity index (χ2v) is 2.12. The standard InChI is InChI=1S/C7H9NO3/c1-5-2-3-7(11-5)8-6(10)4-9/h2-3,9H,4H2,1H3,(H,8,10). The van der Waals surface area contributed by atoms with E-state index in [1.54, 1.807) is 19.1 Å². The Bertz CT molecular complexity index is 254. The predicted octanol–water partition coefficient (Wildman–Crippen LogP) is 0.519. The third kappa shape index (κ3) is 2.09. The van der Waals surface area contributed by atoms with Gasteiger partial charge in [0.2, 0.25) is 0 Å². The van der Waals surface area contributed by atoms with Gasteiger partial charge in [-0.3, -0.25) is 10.1 Å². The van der Waals surface area contributed by atoms with Gasteiger partial charge in [0.05, 0.1) is 0 Å². The summed E-state index contributed by atoms with van der Waals surface area (Å²) in [5.41, 5.74) is 0. The molecular weight excluding hydrogens is 146 g/mol. The molecule has 0 aliphatic carbocycles. The molecule has 0 aromatic carbocycles. The third-order valence-electron chi connectivity index (χ3n) is 1.15. The van der Waals surface area contributed by atoms with Crippen molar-refractivity contribution in [2.75, 3.05) is 11.9 Å². The highest BCUT2D eigenvalue weighted by molar-refractivity contribution is 5.90. The lowest BCUT2D eigenvalue weighted by atomic mass is 10.5. The lowest BCUT2D eigenvalue weighted by Gasteiger charge is -1.95. The van der Waals surface area contributed by atoms with Crippen LogP contribution in [0.1, 0.15) is 5.76 Å². The molecule has 1 rings (SSSR count). The van der Waals surface area contributed by atoms with E-state index in [4.69, 9.17) is 9.52 Å².